The second-order valence-corrected chi connectivity index (χ2v) is 32.4. The van der Waals surface area contributed by atoms with E-state index in [4.69, 9.17) is 44.9 Å². The topological polar surface area (TPSA) is 129 Å². The minimum Gasteiger partial charge on any atom is -0.254 e. The van der Waals surface area contributed by atoms with Gasteiger partial charge in [-0.3, -0.25) is 4.98 Å². The molecule has 0 spiro atoms. The zero-order valence-electron chi connectivity index (χ0n) is 70.4. The maximum Gasteiger partial charge on any atom is 0.164 e. The first-order chi connectivity index (χ1) is 64.4. The van der Waals surface area contributed by atoms with E-state index in [1.807, 2.05) is 109 Å². The van der Waals surface area contributed by atoms with Crippen LogP contribution < -0.4 is 0 Å². The van der Waals surface area contributed by atoms with Crippen molar-refractivity contribution in [3.05, 3.63) is 461 Å². The van der Waals surface area contributed by atoms with Gasteiger partial charge in [0.2, 0.25) is 0 Å². The molecule has 0 bridgehead atoms. The lowest BCUT2D eigenvalue weighted by atomic mass is 9.92. The minimum absolute atomic E-state index is 0.622. The Kier molecular flexibility index (Phi) is 20.1. The van der Waals surface area contributed by atoms with Crippen LogP contribution in [0.5, 0.6) is 0 Å². The highest BCUT2D eigenvalue weighted by molar-refractivity contribution is 6.21. The van der Waals surface area contributed by atoms with Crippen LogP contribution in [0.25, 0.3) is 244 Å². The maximum absolute atomic E-state index is 5.31. The summed E-state index contributed by atoms with van der Waals surface area (Å²) in [6.45, 7) is 0. The van der Waals surface area contributed by atoms with Crippen molar-refractivity contribution in [1.82, 2.24) is 49.8 Å². The Balaban J connectivity index is 0.000000111. The number of aromatic nitrogens is 10. The Labute approximate surface area is 749 Å². The van der Waals surface area contributed by atoms with Crippen LogP contribution in [0, 0.1) is 0 Å². The first kappa shape index (κ1) is 77.2. The summed E-state index contributed by atoms with van der Waals surface area (Å²) in [5.41, 5.74) is 28.5. The van der Waals surface area contributed by atoms with Crippen LogP contribution >= 0.6 is 0 Å². The molecule has 0 saturated carbocycles. The van der Waals surface area contributed by atoms with Crippen molar-refractivity contribution < 1.29 is 0 Å². The molecule has 0 radical (unpaired) electrons. The Bertz CT molecular complexity index is 8560. The molecule has 8 heterocycles. The Morgan fingerprint density at radius 3 is 0.831 bits per heavy atom. The highest BCUT2D eigenvalue weighted by atomic mass is 15.0. The van der Waals surface area contributed by atoms with E-state index in [-0.39, 0.29) is 0 Å². The number of pyridine rings is 7. The third-order valence-electron chi connectivity index (χ3n) is 24.4. The van der Waals surface area contributed by atoms with Crippen LogP contribution in [0.2, 0.25) is 0 Å². The number of rotatable bonds is 12. The molecule has 17 aromatic carbocycles. The van der Waals surface area contributed by atoms with Crippen LogP contribution in [0.1, 0.15) is 0 Å². The molecule has 0 fully saturated rings. The van der Waals surface area contributed by atoms with Crippen LogP contribution in [0.15, 0.2) is 461 Å². The summed E-state index contributed by atoms with van der Waals surface area (Å²) in [7, 11) is 0. The van der Waals surface area contributed by atoms with Gasteiger partial charge in [-0.2, -0.15) is 0 Å². The highest BCUT2D eigenvalue weighted by Crippen LogP contribution is 2.45. The largest absolute Gasteiger partial charge is 0.254 e. The van der Waals surface area contributed by atoms with Crippen LogP contribution in [0.3, 0.4) is 0 Å². The molecule has 0 atom stereocenters. The average molecular weight is 1660 g/mol. The highest BCUT2D eigenvalue weighted by Gasteiger charge is 2.23. The van der Waals surface area contributed by atoms with Gasteiger partial charge in [-0.05, 0) is 88.0 Å². The molecule has 10 heteroatoms. The van der Waals surface area contributed by atoms with Gasteiger partial charge in [0, 0.05) is 126 Å². The molecule has 25 rings (SSSR count). The Morgan fingerprint density at radius 1 is 0.146 bits per heavy atom. The van der Waals surface area contributed by atoms with E-state index < -0.39 is 0 Å². The lowest BCUT2D eigenvalue weighted by Gasteiger charge is -2.15. The van der Waals surface area contributed by atoms with Crippen LogP contribution in [-0.2, 0) is 0 Å². The summed E-state index contributed by atoms with van der Waals surface area (Å²) in [4.78, 5) is 50.7. The standard InChI is InChI=1S/C43H27N3.C40H26N4.C37H23N3/c1-4-11-28(12-5-1)34-17-10-18-36-40(34)35-24-21-33(27-39(35)46-41(36)30-15-8-3-9-16-30)38-26-23-32-20-19-31-22-25-37(29-13-6-2-7-14-29)44-42(31)43(32)45-38;1-5-14-27(15-6-1)32-22-13-23-33-36(32)34-26-31(24-25-35(34)41-37(33)28-16-7-2-8-17-28)40-43-38(29-18-9-3-10-19-29)42-39(44-40)30-20-11-4-12-21-30;1-3-9-24(10-4-1)29-14-7-15-31-34(29)30-20-18-28(23-33(30)40-35(31)25-11-5-2-6-12-25)32-21-19-27-17-16-26-13-8-22-38-36(26)37(27)39-32/h1-27H;1-26H;1-23H. The second-order valence-electron chi connectivity index (χ2n) is 32.4. The van der Waals surface area contributed by atoms with Crippen LogP contribution in [0.4, 0.5) is 0 Å². The van der Waals surface area contributed by atoms with Crippen molar-refractivity contribution in [2.75, 3.05) is 0 Å². The van der Waals surface area contributed by atoms with E-state index in [0.717, 1.165) is 193 Å². The van der Waals surface area contributed by atoms with E-state index >= 15 is 0 Å². The van der Waals surface area contributed by atoms with E-state index in [2.05, 4.69) is 357 Å². The lowest BCUT2D eigenvalue weighted by molar-refractivity contribution is 1.07. The van der Waals surface area contributed by atoms with Crippen LogP contribution in [-0.4, -0.2) is 49.8 Å². The Morgan fingerprint density at radius 2 is 0.446 bits per heavy atom. The summed E-state index contributed by atoms with van der Waals surface area (Å²) < 4.78 is 0. The molecule has 0 aliphatic rings. The van der Waals surface area contributed by atoms with Gasteiger partial charge in [-0.1, -0.05) is 400 Å². The molecule has 8 aromatic heterocycles. The number of benzene rings is 17. The number of fused-ring (bicyclic) bond motifs is 15. The van der Waals surface area contributed by atoms with Crippen molar-refractivity contribution in [2.24, 2.45) is 0 Å². The number of hydrogen-bond acceptors (Lipinski definition) is 10. The van der Waals surface area contributed by atoms with Crippen molar-refractivity contribution in [1.29, 1.82) is 0 Å². The summed E-state index contributed by atoms with van der Waals surface area (Å²) in [6, 6.07) is 158. The third-order valence-corrected chi connectivity index (χ3v) is 24.4. The Hall–Kier alpha value is -17.6. The van der Waals surface area contributed by atoms with Crippen molar-refractivity contribution in [3.63, 3.8) is 0 Å². The molecule has 606 valence electrons. The van der Waals surface area contributed by atoms with E-state index in [1.54, 1.807) is 0 Å². The van der Waals surface area contributed by atoms with Gasteiger partial charge in [-0.15, -0.1) is 0 Å². The van der Waals surface area contributed by atoms with Gasteiger partial charge in [0.15, 0.2) is 17.5 Å². The first-order valence-electron chi connectivity index (χ1n) is 43.7. The predicted molar refractivity (Wildman–Crippen MR) is 538 cm³/mol. The fourth-order valence-electron chi connectivity index (χ4n) is 18.2. The monoisotopic (exact) mass is 1660 g/mol. The summed E-state index contributed by atoms with van der Waals surface area (Å²) in [5, 5.41) is 14.6. The molecule has 0 amide bonds. The van der Waals surface area contributed by atoms with Gasteiger partial charge < -0.3 is 0 Å². The molecule has 130 heavy (non-hydrogen) atoms. The lowest BCUT2D eigenvalue weighted by Crippen LogP contribution is -2.00. The zero-order chi connectivity index (χ0) is 86.2. The van der Waals surface area contributed by atoms with Gasteiger partial charge in [0.05, 0.1) is 72.8 Å². The van der Waals surface area contributed by atoms with Crippen molar-refractivity contribution >= 4 is 109 Å². The van der Waals surface area contributed by atoms with Gasteiger partial charge in [-0.25, -0.2) is 44.9 Å². The molecule has 0 unspecified atom stereocenters. The van der Waals surface area contributed by atoms with E-state index in [0.29, 0.717) is 17.5 Å². The van der Waals surface area contributed by atoms with Crippen molar-refractivity contribution in [3.8, 4) is 135 Å². The molecular formula is C120H76N10. The molecule has 25 aromatic rings. The minimum atomic E-state index is 0.622. The van der Waals surface area contributed by atoms with Gasteiger partial charge in [0.25, 0.3) is 0 Å². The smallest absolute Gasteiger partial charge is 0.164 e. The molecule has 0 aliphatic carbocycles. The molecule has 0 saturated heterocycles. The number of nitrogens with zero attached hydrogens (tertiary/aromatic N) is 10. The van der Waals surface area contributed by atoms with E-state index in [9.17, 15) is 0 Å². The zero-order valence-corrected chi connectivity index (χ0v) is 70.4. The quantitative estimate of drug-likeness (QED) is 0.109. The normalized spacial score (nSPS) is 11.4. The van der Waals surface area contributed by atoms with E-state index in [1.165, 1.54) is 33.0 Å². The average Bonchev–Trinajstić information content (AvgIpc) is 0.746. The number of hydrogen-bond donors (Lipinski definition) is 0. The summed E-state index contributed by atoms with van der Waals surface area (Å²) >= 11 is 0. The first-order valence-corrected chi connectivity index (χ1v) is 43.7. The fraction of sp³-hybridized carbons (Fsp3) is 0. The molecule has 10 nitrogen and oxygen atoms in total. The van der Waals surface area contributed by atoms with Gasteiger partial charge in [0.1, 0.15) is 0 Å². The third kappa shape index (κ3) is 14.7. The van der Waals surface area contributed by atoms with Gasteiger partial charge >= 0.3 is 0 Å². The van der Waals surface area contributed by atoms with Crippen molar-refractivity contribution in [2.45, 2.75) is 0 Å². The molecule has 0 N–H and O–H groups in total. The maximum atomic E-state index is 5.31. The molecule has 0 aliphatic heterocycles. The SMILES string of the molecule is c1ccc(-c2ccc3ccc4ccc(-c5ccc6c(c5)nc(-c5ccccc5)c5cccc(-c7ccccc7)c56)nc4c3n2)cc1.c1ccc(-c2nc(-c3ccccc3)nc(-c3ccc4nc(-c5ccccc5)c5cccc(-c6ccccc6)c5c4c3)n2)cc1.c1ccc(-c2nc3cc(-c4ccc5ccc6cccnc6c5n4)ccc3c3c(-c4ccccc4)cccc23)cc1. The summed E-state index contributed by atoms with van der Waals surface area (Å²) in [6.07, 6.45) is 1.83. The fourth-order valence-corrected chi connectivity index (χ4v) is 18.2. The predicted octanol–water partition coefficient (Wildman–Crippen LogP) is 30.5. The summed E-state index contributed by atoms with van der Waals surface area (Å²) in [5.74, 6) is 1.90. The second kappa shape index (κ2) is 33.8. The molecular weight excluding hydrogens is 1580 g/mol.